The summed E-state index contributed by atoms with van der Waals surface area (Å²) < 4.78 is 6.04. The average molecular weight is 427 g/mol. The van der Waals surface area contributed by atoms with Gasteiger partial charge in [0.15, 0.2) is 5.60 Å². The van der Waals surface area contributed by atoms with Crippen LogP contribution in [0.4, 0.5) is 0 Å². The molecule has 1 fully saturated rings. The van der Waals surface area contributed by atoms with Crippen LogP contribution >= 0.6 is 0 Å². The van der Waals surface area contributed by atoms with Crippen LogP contribution in [-0.2, 0) is 16.0 Å². The molecule has 0 bridgehead atoms. The van der Waals surface area contributed by atoms with Crippen LogP contribution in [0.2, 0.25) is 0 Å². The first-order valence-electron chi connectivity index (χ1n) is 11.4. The maximum absolute atomic E-state index is 13.4. The summed E-state index contributed by atoms with van der Waals surface area (Å²) >= 11 is 0. The standard InChI is InChI=1S/C29H30O3/c30-28(32-27-19-11-10-18-26(27)25-16-8-3-9-17-25)29(31,22-24-14-6-2-7-15-24)21-20-23-12-4-1-5-13-23/h1-9,12-17,20-21,26-27,31H,10-11,18-19,22H2/t26-,27+,29-/m0/s1. The fourth-order valence-electron chi connectivity index (χ4n) is 4.46. The third-order valence-electron chi connectivity index (χ3n) is 6.21. The van der Waals surface area contributed by atoms with E-state index >= 15 is 0 Å². The maximum atomic E-state index is 13.4. The third-order valence-corrected chi connectivity index (χ3v) is 6.21. The molecule has 1 aliphatic rings. The van der Waals surface area contributed by atoms with Gasteiger partial charge in [-0.15, -0.1) is 0 Å². The first-order chi connectivity index (χ1) is 15.6. The molecule has 32 heavy (non-hydrogen) atoms. The molecule has 0 amide bonds. The summed E-state index contributed by atoms with van der Waals surface area (Å²) in [4.78, 5) is 13.4. The molecule has 3 nitrogen and oxygen atoms in total. The Morgan fingerprint density at radius 3 is 2.16 bits per heavy atom. The van der Waals surface area contributed by atoms with E-state index in [9.17, 15) is 9.90 Å². The topological polar surface area (TPSA) is 46.5 Å². The Labute approximate surface area is 190 Å². The molecule has 1 aliphatic carbocycles. The zero-order chi connectivity index (χ0) is 22.2. The van der Waals surface area contributed by atoms with Gasteiger partial charge >= 0.3 is 5.97 Å². The quantitative estimate of drug-likeness (QED) is 0.475. The van der Waals surface area contributed by atoms with Crippen LogP contribution in [0, 0.1) is 0 Å². The molecule has 0 saturated heterocycles. The lowest BCUT2D eigenvalue weighted by Gasteiger charge is -2.34. The van der Waals surface area contributed by atoms with Crippen LogP contribution < -0.4 is 0 Å². The minimum atomic E-state index is -1.74. The summed E-state index contributed by atoms with van der Waals surface area (Å²) in [6.45, 7) is 0. The van der Waals surface area contributed by atoms with Crippen molar-refractivity contribution in [2.45, 2.75) is 49.7 Å². The molecule has 3 atom stereocenters. The number of carbonyl (C=O) groups is 1. The van der Waals surface area contributed by atoms with Crippen molar-refractivity contribution in [1.29, 1.82) is 0 Å². The number of esters is 1. The molecule has 3 heteroatoms. The Morgan fingerprint density at radius 1 is 0.875 bits per heavy atom. The monoisotopic (exact) mass is 426 g/mol. The van der Waals surface area contributed by atoms with Gasteiger partial charge in [0.05, 0.1) is 0 Å². The Bertz CT molecular complexity index is 1010. The van der Waals surface area contributed by atoms with Crippen LogP contribution in [-0.4, -0.2) is 22.8 Å². The molecule has 3 aromatic rings. The molecule has 1 N–H and O–H groups in total. The molecule has 1 saturated carbocycles. The van der Waals surface area contributed by atoms with Crippen molar-refractivity contribution < 1.29 is 14.6 Å². The highest BCUT2D eigenvalue weighted by Crippen LogP contribution is 2.36. The molecule has 0 aliphatic heterocycles. The Balaban J connectivity index is 1.58. The second kappa shape index (κ2) is 10.4. The minimum Gasteiger partial charge on any atom is -0.459 e. The highest BCUT2D eigenvalue weighted by molar-refractivity contribution is 5.84. The predicted molar refractivity (Wildman–Crippen MR) is 128 cm³/mol. The van der Waals surface area contributed by atoms with Crippen LogP contribution in [0.1, 0.15) is 48.3 Å². The van der Waals surface area contributed by atoms with E-state index in [-0.39, 0.29) is 18.4 Å². The first-order valence-corrected chi connectivity index (χ1v) is 11.4. The molecular weight excluding hydrogens is 396 g/mol. The van der Waals surface area contributed by atoms with Crippen molar-refractivity contribution >= 4 is 12.0 Å². The zero-order valence-corrected chi connectivity index (χ0v) is 18.3. The van der Waals surface area contributed by atoms with Gasteiger partial charge in [-0.25, -0.2) is 4.79 Å². The first kappa shape index (κ1) is 22.0. The summed E-state index contributed by atoms with van der Waals surface area (Å²) in [5.74, 6) is -0.422. The van der Waals surface area contributed by atoms with Crippen molar-refractivity contribution in [3.63, 3.8) is 0 Å². The smallest absolute Gasteiger partial charge is 0.342 e. The van der Waals surface area contributed by atoms with Gasteiger partial charge in [0.25, 0.3) is 0 Å². The molecule has 0 heterocycles. The van der Waals surface area contributed by atoms with Crippen molar-refractivity contribution in [2.24, 2.45) is 0 Å². The molecule has 164 valence electrons. The summed E-state index contributed by atoms with van der Waals surface area (Å²) in [6, 6.07) is 29.5. The molecule has 3 aromatic carbocycles. The predicted octanol–water partition coefficient (Wildman–Crippen LogP) is 5.94. The van der Waals surface area contributed by atoms with E-state index in [0.29, 0.717) is 0 Å². The average Bonchev–Trinajstić information content (AvgIpc) is 2.85. The largest absolute Gasteiger partial charge is 0.459 e. The molecule has 4 rings (SSSR count). The van der Waals surface area contributed by atoms with Crippen LogP contribution in [0.15, 0.2) is 97.1 Å². The highest BCUT2D eigenvalue weighted by atomic mass is 16.6. The number of rotatable bonds is 7. The fourth-order valence-corrected chi connectivity index (χ4v) is 4.46. The Morgan fingerprint density at radius 2 is 1.47 bits per heavy atom. The van der Waals surface area contributed by atoms with Gasteiger partial charge in [-0.2, -0.15) is 0 Å². The molecule has 0 radical (unpaired) electrons. The van der Waals surface area contributed by atoms with Gasteiger partial charge in [0.1, 0.15) is 6.10 Å². The van der Waals surface area contributed by atoms with Gasteiger partial charge < -0.3 is 9.84 Å². The van der Waals surface area contributed by atoms with Gasteiger partial charge in [0, 0.05) is 12.3 Å². The van der Waals surface area contributed by atoms with E-state index in [0.717, 1.165) is 36.8 Å². The number of carbonyl (C=O) groups excluding carboxylic acids is 1. The summed E-state index contributed by atoms with van der Waals surface area (Å²) in [5, 5.41) is 11.5. The van der Waals surface area contributed by atoms with Gasteiger partial charge in [-0.05, 0) is 42.0 Å². The van der Waals surface area contributed by atoms with E-state index < -0.39 is 11.6 Å². The fraction of sp³-hybridized carbons (Fsp3) is 0.276. The van der Waals surface area contributed by atoms with Crippen molar-refractivity contribution in [1.82, 2.24) is 0 Å². The Kier molecular flexibility index (Phi) is 7.18. The SMILES string of the molecule is O=C(O[C@@H]1CCCC[C@H]1c1ccccc1)[C@](O)(C=Cc1ccccc1)Cc1ccccc1. The van der Waals surface area contributed by atoms with Crippen molar-refractivity contribution in [3.8, 4) is 0 Å². The van der Waals surface area contributed by atoms with Gasteiger partial charge in [-0.1, -0.05) is 103 Å². The van der Waals surface area contributed by atoms with Crippen LogP contribution in [0.3, 0.4) is 0 Å². The second-order valence-corrected chi connectivity index (χ2v) is 8.58. The Hall–Kier alpha value is -3.17. The van der Waals surface area contributed by atoms with Gasteiger partial charge in [0.2, 0.25) is 0 Å². The lowest BCUT2D eigenvalue weighted by Crippen LogP contribution is -2.43. The van der Waals surface area contributed by atoms with E-state index in [4.69, 9.17) is 4.74 Å². The molecular formula is C29H30O3. The maximum Gasteiger partial charge on any atom is 0.342 e. The van der Waals surface area contributed by atoms with Crippen LogP contribution in [0.25, 0.3) is 6.08 Å². The van der Waals surface area contributed by atoms with E-state index in [1.807, 2.05) is 78.9 Å². The van der Waals surface area contributed by atoms with Crippen molar-refractivity contribution in [2.75, 3.05) is 0 Å². The zero-order valence-electron chi connectivity index (χ0n) is 18.3. The normalized spacial score (nSPS) is 20.5. The van der Waals surface area contributed by atoms with E-state index in [1.165, 1.54) is 5.56 Å². The second-order valence-electron chi connectivity index (χ2n) is 8.58. The summed E-state index contributed by atoms with van der Waals surface area (Å²) in [5.41, 5.74) is 1.26. The number of ether oxygens (including phenoxy) is 1. The number of hydrogen-bond acceptors (Lipinski definition) is 3. The minimum absolute atomic E-state index is 0.160. The number of benzene rings is 3. The summed E-state index contributed by atoms with van der Waals surface area (Å²) in [6.07, 6.45) is 7.25. The molecule has 0 unspecified atom stereocenters. The lowest BCUT2D eigenvalue weighted by molar-refractivity contribution is -0.168. The lowest BCUT2D eigenvalue weighted by atomic mass is 9.81. The van der Waals surface area contributed by atoms with Gasteiger partial charge in [-0.3, -0.25) is 0 Å². The van der Waals surface area contributed by atoms with E-state index in [2.05, 4.69) is 12.1 Å². The molecule has 0 spiro atoms. The third kappa shape index (κ3) is 5.54. The highest BCUT2D eigenvalue weighted by Gasteiger charge is 2.39. The number of aliphatic hydroxyl groups is 1. The summed E-state index contributed by atoms with van der Waals surface area (Å²) in [7, 11) is 0. The molecule has 0 aromatic heterocycles. The van der Waals surface area contributed by atoms with Crippen molar-refractivity contribution in [3.05, 3.63) is 114 Å². The number of hydrogen-bond donors (Lipinski definition) is 1. The van der Waals surface area contributed by atoms with E-state index in [1.54, 1.807) is 12.2 Å². The van der Waals surface area contributed by atoms with Crippen LogP contribution in [0.5, 0.6) is 0 Å².